The molecule has 3 rings (SSSR count). The number of rotatable bonds is 8. The Morgan fingerprint density at radius 2 is 1.39 bits per heavy atom. The summed E-state index contributed by atoms with van der Waals surface area (Å²) in [6.45, 7) is 22.5. The number of ether oxygens (including phenoxy) is 4. The Labute approximate surface area is 229 Å². The molecule has 0 aromatic carbocycles. The summed E-state index contributed by atoms with van der Waals surface area (Å²) in [4.78, 5) is 32.5. The molecular weight excluding hydrogens is 508 g/mol. The van der Waals surface area contributed by atoms with Gasteiger partial charge in [-0.15, -0.1) is 13.2 Å². The van der Waals surface area contributed by atoms with Crippen LogP contribution in [0, 0.1) is 0 Å². The topological polar surface area (TPSA) is 125 Å². The molecule has 0 saturated carbocycles. The summed E-state index contributed by atoms with van der Waals surface area (Å²) in [5.74, 6) is -0.452. The van der Waals surface area contributed by atoms with Crippen LogP contribution >= 0.6 is 0 Å². The molecule has 0 bridgehead atoms. The summed E-state index contributed by atoms with van der Waals surface area (Å²) in [6.07, 6.45) is 11.7. The molecule has 3 aliphatic rings. The van der Waals surface area contributed by atoms with E-state index in [4.69, 9.17) is 38.1 Å². The first-order chi connectivity index (χ1) is 17.8. The van der Waals surface area contributed by atoms with E-state index in [9.17, 15) is 5.11 Å². The number of aliphatic hydroxyl groups excluding tert-OH is 1. The van der Waals surface area contributed by atoms with Crippen molar-refractivity contribution < 1.29 is 43.2 Å². The zero-order valence-corrected chi connectivity index (χ0v) is 25.4. The number of allylic oxidation sites excluding steroid dienone is 1. The molecular formula is C28H50O9Si. The second kappa shape index (κ2) is 21.1. The van der Waals surface area contributed by atoms with Gasteiger partial charge in [-0.2, -0.15) is 19.2 Å². The summed E-state index contributed by atoms with van der Waals surface area (Å²) in [5, 5.41) is 9.54. The van der Waals surface area contributed by atoms with E-state index in [1.165, 1.54) is 6.04 Å². The maximum absolute atomic E-state index is 9.54. The minimum absolute atomic E-state index is 0.000880. The molecule has 2 unspecified atom stereocenters. The van der Waals surface area contributed by atoms with Crippen molar-refractivity contribution in [2.24, 2.45) is 0 Å². The predicted molar refractivity (Wildman–Crippen MR) is 146 cm³/mol. The summed E-state index contributed by atoms with van der Waals surface area (Å²) < 4.78 is 22.7. The molecule has 3 aliphatic heterocycles. The van der Waals surface area contributed by atoms with Crippen LogP contribution in [0.3, 0.4) is 0 Å². The number of hydrogen-bond donors (Lipinski definition) is 1. The van der Waals surface area contributed by atoms with Crippen LogP contribution in [0.15, 0.2) is 25.3 Å². The Hall–Kier alpha value is -1.74. The number of aliphatic hydroxyl groups is 1. The third-order valence-corrected chi connectivity index (χ3v) is 7.15. The highest BCUT2D eigenvalue weighted by Gasteiger charge is 2.48. The normalized spacial score (nSPS) is 28.1. The minimum Gasteiger partial charge on any atom is -0.390 e. The Morgan fingerprint density at radius 3 is 1.76 bits per heavy atom. The average Bonchev–Trinajstić information content (AvgIpc) is 3.40. The summed E-state index contributed by atoms with van der Waals surface area (Å²) in [6, 6.07) is 1.24. The lowest BCUT2D eigenvalue weighted by molar-refractivity contribution is -0.205. The fraction of sp³-hybridized carbons (Fsp3) is 0.786. The molecule has 0 aromatic heterocycles. The lowest BCUT2D eigenvalue weighted by Gasteiger charge is -2.20. The van der Waals surface area contributed by atoms with Gasteiger partial charge in [-0.25, -0.2) is 0 Å². The molecule has 10 heteroatoms. The van der Waals surface area contributed by atoms with E-state index >= 15 is 0 Å². The third kappa shape index (κ3) is 18.5. The van der Waals surface area contributed by atoms with E-state index in [1.54, 1.807) is 0 Å². The van der Waals surface area contributed by atoms with Crippen LogP contribution in [0.2, 0.25) is 25.7 Å². The first kappa shape index (κ1) is 38.4. The van der Waals surface area contributed by atoms with Crippen LogP contribution in [0.25, 0.3) is 0 Å². The van der Waals surface area contributed by atoms with Gasteiger partial charge in [-0.1, -0.05) is 58.5 Å². The maximum Gasteiger partial charge on any atom is 0.373 e. The van der Waals surface area contributed by atoms with Crippen molar-refractivity contribution in [2.75, 3.05) is 0 Å². The zero-order chi connectivity index (χ0) is 29.8. The first-order valence-corrected chi connectivity index (χ1v) is 17.0. The van der Waals surface area contributed by atoms with Gasteiger partial charge in [0, 0.05) is 20.9 Å². The van der Waals surface area contributed by atoms with E-state index in [0.29, 0.717) is 6.10 Å². The van der Waals surface area contributed by atoms with Crippen molar-refractivity contribution in [2.45, 2.75) is 141 Å². The van der Waals surface area contributed by atoms with Crippen LogP contribution in [0.5, 0.6) is 0 Å². The largest absolute Gasteiger partial charge is 0.390 e. The van der Waals surface area contributed by atoms with Crippen LogP contribution in [0.1, 0.15) is 72.6 Å². The van der Waals surface area contributed by atoms with Gasteiger partial charge in [0.15, 0.2) is 12.1 Å². The lowest BCUT2D eigenvalue weighted by atomic mass is 10.1. The van der Waals surface area contributed by atoms with Crippen LogP contribution in [-0.4, -0.2) is 68.1 Å². The zero-order valence-electron chi connectivity index (χ0n) is 24.4. The first-order valence-electron chi connectivity index (χ1n) is 13.3. The van der Waals surface area contributed by atoms with E-state index < -0.39 is 13.9 Å². The summed E-state index contributed by atoms with van der Waals surface area (Å²) >= 11 is 0. The molecule has 0 amide bonds. The molecule has 3 heterocycles. The van der Waals surface area contributed by atoms with Crippen molar-refractivity contribution in [3.63, 3.8) is 0 Å². The van der Waals surface area contributed by atoms with Gasteiger partial charge in [0.1, 0.15) is 6.10 Å². The average molecular weight is 559 g/mol. The van der Waals surface area contributed by atoms with Crippen molar-refractivity contribution in [1.82, 2.24) is 0 Å². The van der Waals surface area contributed by atoms with Crippen LogP contribution in [0.4, 0.5) is 0 Å². The molecule has 3 saturated heterocycles. The molecule has 220 valence electrons. The van der Waals surface area contributed by atoms with Gasteiger partial charge in [-0.3, -0.25) is 0 Å². The molecule has 1 N–H and O–H groups in total. The number of hydrogen-bond acceptors (Lipinski definition) is 9. The predicted octanol–water partition coefficient (Wildman–Crippen LogP) is 5.28. The SMILES string of the molecule is C=CC[C@@H]1O[C@@H](CCC)C[C@H]1O.C=CC[Si](C)(C)C.CCC[C@H]1CC2OC(C)(C)OC2O1.O=C=O.O=C=O. The van der Waals surface area contributed by atoms with Gasteiger partial charge in [0.2, 0.25) is 0 Å². The Balaban J connectivity index is 0. The Morgan fingerprint density at radius 1 is 0.895 bits per heavy atom. The molecule has 0 radical (unpaired) electrons. The summed E-state index contributed by atoms with van der Waals surface area (Å²) in [7, 11) is -0.775. The van der Waals surface area contributed by atoms with E-state index in [-0.39, 0.29) is 43.0 Å². The second-order valence-electron chi connectivity index (χ2n) is 11.0. The van der Waals surface area contributed by atoms with Gasteiger partial charge < -0.3 is 24.1 Å². The fourth-order valence-corrected chi connectivity index (χ4v) is 5.09. The molecule has 6 atom stereocenters. The van der Waals surface area contributed by atoms with Crippen molar-refractivity contribution in [3.8, 4) is 0 Å². The number of carbonyl (C=O) groups excluding carboxylic acids is 4. The molecule has 0 spiro atoms. The minimum atomic E-state index is -0.775. The van der Waals surface area contributed by atoms with Crippen LogP contribution in [-0.2, 0) is 38.1 Å². The molecule has 38 heavy (non-hydrogen) atoms. The monoisotopic (exact) mass is 558 g/mol. The van der Waals surface area contributed by atoms with Crippen molar-refractivity contribution in [3.05, 3.63) is 25.3 Å². The highest BCUT2D eigenvalue weighted by Crippen LogP contribution is 2.38. The smallest absolute Gasteiger partial charge is 0.373 e. The van der Waals surface area contributed by atoms with Gasteiger partial charge >= 0.3 is 12.3 Å². The van der Waals surface area contributed by atoms with Gasteiger partial charge in [0.05, 0.1) is 24.4 Å². The standard InChI is InChI=1S/C10H18O3.C10H18O2.C6H14Si.2CO2/c1-4-5-7-6-8-9(11-7)13-10(2,3)12-8;1-3-5-8-7-9(11)10(12-8)6-4-2;1-5-6-7(2,3)4;2*2-1-3/h7-9H,4-6H2,1-3H3;4,8-11H,2-3,5-7H2,1H3;5H,1,6H2,2-4H3;;/t7-,8?,9?;8-,9+,10-;;;/m00.../s1. The molecule has 3 fully saturated rings. The Kier molecular flexibility index (Phi) is 21.3. The molecule has 0 aromatic rings. The number of fused-ring (bicyclic) bond motifs is 1. The third-order valence-electron chi connectivity index (χ3n) is 5.64. The highest BCUT2D eigenvalue weighted by molar-refractivity contribution is 6.76. The maximum atomic E-state index is 9.54. The van der Waals surface area contributed by atoms with Gasteiger partial charge in [0.25, 0.3) is 0 Å². The second-order valence-corrected chi connectivity index (χ2v) is 16.5. The lowest BCUT2D eigenvalue weighted by Crippen LogP contribution is -2.24. The van der Waals surface area contributed by atoms with Crippen LogP contribution < -0.4 is 0 Å². The fourth-order valence-electron chi connectivity index (χ4n) is 4.22. The molecule has 0 aliphatic carbocycles. The Bertz CT molecular complexity index is 680. The van der Waals surface area contributed by atoms with E-state index in [1.807, 2.05) is 26.0 Å². The van der Waals surface area contributed by atoms with Crippen molar-refractivity contribution in [1.29, 1.82) is 0 Å². The highest BCUT2D eigenvalue weighted by atomic mass is 28.3. The summed E-state index contributed by atoms with van der Waals surface area (Å²) in [5.41, 5.74) is 0. The van der Waals surface area contributed by atoms with Crippen molar-refractivity contribution >= 4 is 20.4 Å². The van der Waals surface area contributed by atoms with E-state index in [2.05, 4.69) is 46.6 Å². The molecule has 9 nitrogen and oxygen atoms in total. The quantitative estimate of drug-likeness (QED) is 0.313. The van der Waals surface area contributed by atoms with E-state index in [0.717, 1.165) is 44.9 Å². The van der Waals surface area contributed by atoms with Gasteiger partial charge in [-0.05, 0) is 39.2 Å².